The maximum Gasteiger partial charge on any atom is 0.160 e. The fourth-order valence-corrected chi connectivity index (χ4v) is 7.72. The minimum atomic E-state index is -0.527. The molecule has 0 aliphatic carbocycles. The van der Waals surface area contributed by atoms with Crippen molar-refractivity contribution in [2.24, 2.45) is 0 Å². The summed E-state index contributed by atoms with van der Waals surface area (Å²) in [7, 11) is -0.527. The molecule has 4 aromatic rings. The number of rotatable bonds is 1. The first-order chi connectivity index (χ1) is 13.8. The fourth-order valence-electron chi connectivity index (χ4n) is 3.60. The van der Waals surface area contributed by atoms with Gasteiger partial charge in [-0.1, -0.05) is 53.9 Å². The Morgan fingerprint density at radius 3 is 2.75 bits per heavy atom. The third kappa shape index (κ3) is 2.78. The van der Waals surface area contributed by atoms with Crippen LogP contribution in [0.4, 0.5) is 0 Å². The molecule has 2 aliphatic heterocycles. The molecule has 2 aromatic heterocycles. The van der Waals surface area contributed by atoms with Crippen molar-refractivity contribution in [3.63, 3.8) is 0 Å². The molecule has 0 saturated heterocycles. The Kier molecular flexibility index (Phi) is 3.85. The van der Waals surface area contributed by atoms with E-state index in [1.165, 1.54) is 31.3 Å². The first-order valence-electron chi connectivity index (χ1n) is 9.05. The Labute approximate surface area is 173 Å². The Morgan fingerprint density at radius 1 is 0.821 bits per heavy atom. The first-order valence-corrected chi connectivity index (χ1v) is 12.1. The van der Waals surface area contributed by atoms with Crippen LogP contribution in [0.15, 0.2) is 81.0 Å². The van der Waals surface area contributed by atoms with Crippen LogP contribution in [0.1, 0.15) is 11.1 Å². The normalized spacial score (nSPS) is 14.7. The summed E-state index contributed by atoms with van der Waals surface area (Å²) in [5, 5.41) is 4.94. The van der Waals surface area contributed by atoms with Gasteiger partial charge in [-0.3, -0.25) is 0 Å². The quantitative estimate of drug-likeness (QED) is 0.304. The zero-order chi connectivity index (χ0) is 18.5. The van der Waals surface area contributed by atoms with Gasteiger partial charge in [0.25, 0.3) is 0 Å². The molecule has 4 nitrogen and oxygen atoms in total. The van der Waals surface area contributed by atoms with E-state index in [0.717, 1.165) is 27.9 Å². The third-order valence-electron chi connectivity index (χ3n) is 5.04. The molecule has 0 radical (unpaired) electrons. The maximum atomic E-state index is 4.90. The molecule has 0 unspecified atom stereocenters. The molecule has 0 saturated carbocycles. The second kappa shape index (κ2) is 6.54. The van der Waals surface area contributed by atoms with Gasteiger partial charge in [-0.05, 0) is 28.1 Å². The highest BCUT2D eigenvalue weighted by Gasteiger charge is 2.21. The number of fused-ring (bicyclic) bond motifs is 4. The molecular formula is C21H14N4S2Si. The van der Waals surface area contributed by atoms with Crippen LogP contribution < -0.4 is 10.4 Å². The predicted octanol–water partition coefficient (Wildman–Crippen LogP) is 2.57. The summed E-state index contributed by atoms with van der Waals surface area (Å²) < 4.78 is 0. The van der Waals surface area contributed by atoms with Crippen molar-refractivity contribution in [1.82, 2.24) is 19.9 Å². The van der Waals surface area contributed by atoms with Gasteiger partial charge < -0.3 is 0 Å². The van der Waals surface area contributed by atoms with Crippen molar-refractivity contribution >= 4 is 43.4 Å². The summed E-state index contributed by atoms with van der Waals surface area (Å²) >= 11 is 3.48. The highest BCUT2D eigenvalue weighted by atomic mass is 32.2. The van der Waals surface area contributed by atoms with Gasteiger partial charge in [-0.15, -0.1) is 0 Å². The van der Waals surface area contributed by atoms with Crippen molar-refractivity contribution in [3.8, 4) is 11.4 Å². The van der Waals surface area contributed by atoms with E-state index in [1.54, 1.807) is 29.9 Å². The molecule has 0 N–H and O–H groups in total. The summed E-state index contributed by atoms with van der Waals surface area (Å²) in [4.78, 5) is 20.8. The first kappa shape index (κ1) is 16.5. The van der Waals surface area contributed by atoms with Crippen LogP contribution in [-0.4, -0.2) is 29.5 Å². The van der Waals surface area contributed by atoms with Crippen LogP contribution in [0.2, 0.25) is 0 Å². The molecular weight excluding hydrogens is 400 g/mol. The number of aromatic nitrogens is 4. The molecule has 134 valence electrons. The second-order valence-electron chi connectivity index (χ2n) is 6.87. The summed E-state index contributed by atoms with van der Waals surface area (Å²) in [6, 6.07) is 15.2. The van der Waals surface area contributed by atoms with Crippen molar-refractivity contribution in [2.45, 2.75) is 26.3 Å². The number of hydrogen-bond donors (Lipinski definition) is 0. The molecule has 0 spiro atoms. The summed E-state index contributed by atoms with van der Waals surface area (Å²) in [5.74, 6) is 0.796. The van der Waals surface area contributed by atoms with E-state index in [9.17, 15) is 0 Å². The second-order valence-corrected chi connectivity index (χ2v) is 10.8. The monoisotopic (exact) mass is 414 g/mol. The lowest BCUT2D eigenvalue weighted by atomic mass is 10.1. The average molecular weight is 415 g/mol. The van der Waals surface area contributed by atoms with Gasteiger partial charge in [0, 0.05) is 39.7 Å². The molecule has 0 bridgehead atoms. The Morgan fingerprint density at radius 2 is 1.75 bits per heavy atom. The molecule has 0 amide bonds. The zero-order valence-corrected chi connectivity index (χ0v) is 17.8. The van der Waals surface area contributed by atoms with Crippen molar-refractivity contribution in [1.29, 1.82) is 0 Å². The molecule has 6 rings (SSSR count). The highest BCUT2D eigenvalue weighted by Crippen LogP contribution is 2.38. The molecule has 0 fully saturated rings. The molecule has 0 atom stereocenters. The van der Waals surface area contributed by atoms with Gasteiger partial charge in [0.15, 0.2) is 5.82 Å². The lowest BCUT2D eigenvalue weighted by Crippen LogP contribution is -2.34. The largest absolute Gasteiger partial charge is 0.245 e. The standard InChI is InChI=1S/C21H14N4S2Si/c1-2-4-15-12(3-1)7-14-9-23-19(25-20(14)26-15)13-5-6-17-16(8-13)27-21-18(28-17)10-22-11-24-21/h1-6,8-11H,7,28H2. The topological polar surface area (TPSA) is 51.6 Å². The van der Waals surface area contributed by atoms with E-state index >= 15 is 0 Å². The SMILES string of the molecule is c1ccc2c(c1)Cc1cnc(-c3ccc4c(c3)Sc3ncncc3[SiH2]4)nc1S2. The molecule has 7 heteroatoms. The minimum absolute atomic E-state index is 0.527. The molecule has 4 heterocycles. The van der Waals surface area contributed by atoms with E-state index in [2.05, 4.69) is 57.4 Å². The average Bonchev–Trinajstić information content (AvgIpc) is 2.75. The van der Waals surface area contributed by atoms with Gasteiger partial charge in [0.1, 0.15) is 16.4 Å². The number of benzene rings is 2. The zero-order valence-electron chi connectivity index (χ0n) is 14.8. The van der Waals surface area contributed by atoms with Crippen LogP contribution in [0.3, 0.4) is 0 Å². The maximum absolute atomic E-state index is 4.90. The summed E-state index contributed by atoms with van der Waals surface area (Å²) in [5.41, 5.74) is 3.63. The van der Waals surface area contributed by atoms with E-state index in [0.29, 0.717) is 0 Å². The summed E-state index contributed by atoms with van der Waals surface area (Å²) in [6.45, 7) is 0. The lowest BCUT2D eigenvalue weighted by molar-refractivity contribution is 0.939. The van der Waals surface area contributed by atoms with Gasteiger partial charge in [0.05, 0.1) is 9.52 Å². The molecule has 28 heavy (non-hydrogen) atoms. The van der Waals surface area contributed by atoms with E-state index in [-0.39, 0.29) is 0 Å². The van der Waals surface area contributed by atoms with Crippen molar-refractivity contribution in [3.05, 3.63) is 72.3 Å². The lowest BCUT2D eigenvalue weighted by Gasteiger charge is -2.19. The smallest absolute Gasteiger partial charge is 0.160 e. The van der Waals surface area contributed by atoms with Gasteiger partial charge >= 0.3 is 0 Å². The fraction of sp³-hybridized carbons (Fsp3) is 0.0476. The number of hydrogen-bond acceptors (Lipinski definition) is 6. The van der Waals surface area contributed by atoms with Crippen molar-refractivity contribution in [2.75, 3.05) is 0 Å². The van der Waals surface area contributed by atoms with E-state index in [4.69, 9.17) is 4.98 Å². The van der Waals surface area contributed by atoms with Crippen molar-refractivity contribution < 1.29 is 0 Å². The predicted molar refractivity (Wildman–Crippen MR) is 115 cm³/mol. The Hall–Kier alpha value is -2.48. The van der Waals surface area contributed by atoms with Gasteiger partial charge in [-0.2, -0.15) is 0 Å². The van der Waals surface area contributed by atoms with Crippen LogP contribution in [0.25, 0.3) is 11.4 Å². The third-order valence-corrected chi connectivity index (χ3v) is 9.78. The molecule has 2 aromatic carbocycles. The minimum Gasteiger partial charge on any atom is -0.245 e. The van der Waals surface area contributed by atoms with Gasteiger partial charge in [0.2, 0.25) is 0 Å². The number of nitrogens with zero attached hydrogens (tertiary/aromatic N) is 4. The van der Waals surface area contributed by atoms with E-state index < -0.39 is 9.52 Å². The van der Waals surface area contributed by atoms with Gasteiger partial charge in [-0.25, -0.2) is 19.9 Å². The van der Waals surface area contributed by atoms with Crippen LogP contribution in [0.5, 0.6) is 0 Å². The van der Waals surface area contributed by atoms with Crippen LogP contribution in [0, 0.1) is 0 Å². The highest BCUT2D eigenvalue weighted by molar-refractivity contribution is 8.00. The summed E-state index contributed by atoms with van der Waals surface area (Å²) in [6.07, 6.45) is 6.50. The Balaban J connectivity index is 1.36. The van der Waals surface area contributed by atoms with Crippen LogP contribution in [-0.2, 0) is 6.42 Å². The molecule has 2 aliphatic rings. The van der Waals surface area contributed by atoms with Crippen LogP contribution >= 0.6 is 23.5 Å². The van der Waals surface area contributed by atoms with E-state index in [1.807, 2.05) is 12.4 Å². The Bertz CT molecular complexity index is 1150.